The second kappa shape index (κ2) is 8.85. The fraction of sp³-hybridized carbons (Fsp3) is 0.526. The number of anilines is 1. The van der Waals surface area contributed by atoms with E-state index in [4.69, 9.17) is 4.74 Å². The molecule has 1 aromatic rings. The Bertz CT molecular complexity index is 675. The molecule has 0 saturated carbocycles. The number of amides is 3. The zero-order chi connectivity index (χ0) is 19.2. The van der Waals surface area contributed by atoms with Crippen molar-refractivity contribution in [3.8, 4) is 0 Å². The van der Waals surface area contributed by atoms with Crippen molar-refractivity contribution in [3.05, 3.63) is 30.3 Å². The van der Waals surface area contributed by atoms with Gasteiger partial charge in [-0.2, -0.15) is 0 Å². The van der Waals surface area contributed by atoms with Crippen LogP contribution in [0.25, 0.3) is 0 Å². The number of hydrogen-bond acceptors (Lipinski definition) is 5. The Morgan fingerprint density at radius 1 is 1.22 bits per heavy atom. The number of alkyl carbamates (subject to hydrolysis) is 1. The normalized spacial score (nSPS) is 22.9. The van der Waals surface area contributed by atoms with Crippen LogP contribution < -0.4 is 10.6 Å². The van der Waals surface area contributed by atoms with Crippen molar-refractivity contribution in [3.63, 3.8) is 0 Å². The highest BCUT2D eigenvalue weighted by atomic mass is 16.5. The number of likely N-dealkylation sites (tertiary alicyclic amines) is 1. The first-order chi connectivity index (χ1) is 13.1. The lowest BCUT2D eigenvalue weighted by Gasteiger charge is -2.30. The summed E-state index contributed by atoms with van der Waals surface area (Å²) in [5.74, 6) is -0.608. The molecular formula is C19H25N3O5. The molecule has 0 spiro atoms. The van der Waals surface area contributed by atoms with Crippen LogP contribution in [-0.2, 0) is 19.1 Å². The van der Waals surface area contributed by atoms with Crippen molar-refractivity contribution in [1.82, 2.24) is 10.2 Å². The first-order valence-corrected chi connectivity index (χ1v) is 9.18. The van der Waals surface area contributed by atoms with Gasteiger partial charge in [0.2, 0.25) is 11.8 Å². The molecule has 0 aliphatic carbocycles. The second-order valence-corrected chi connectivity index (χ2v) is 6.78. The van der Waals surface area contributed by atoms with E-state index in [9.17, 15) is 14.4 Å². The third-order valence-corrected chi connectivity index (χ3v) is 5.04. The molecule has 8 heteroatoms. The predicted octanol–water partition coefficient (Wildman–Crippen LogP) is 1.38. The Labute approximate surface area is 158 Å². The van der Waals surface area contributed by atoms with Crippen LogP contribution in [0.3, 0.4) is 0 Å². The number of nitrogens with one attached hydrogen (secondary N) is 2. The number of nitrogens with zero attached hydrogens (tertiary/aromatic N) is 1. The number of hydrogen-bond donors (Lipinski definition) is 2. The molecule has 146 valence electrons. The lowest BCUT2D eigenvalue weighted by molar-refractivity contribution is -0.139. The van der Waals surface area contributed by atoms with E-state index < -0.39 is 18.2 Å². The van der Waals surface area contributed by atoms with Gasteiger partial charge < -0.3 is 25.0 Å². The highest BCUT2D eigenvalue weighted by molar-refractivity contribution is 5.98. The quantitative estimate of drug-likeness (QED) is 0.810. The summed E-state index contributed by atoms with van der Waals surface area (Å²) in [6.07, 6.45) is 1.35. The number of rotatable bonds is 5. The van der Waals surface area contributed by atoms with Gasteiger partial charge in [0.05, 0.1) is 13.7 Å². The molecule has 2 saturated heterocycles. The van der Waals surface area contributed by atoms with E-state index in [2.05, 4.69) is 15.4 Å². The number of ether oxygens (including phenoxy) is 2. The summed E-state index contributed by atoms with van der Waals surface area (Å²) < 4.78 is 10.0. The Balaban J connectivity index is 1.71. The van der Waals surface area contributed by atoms with Gasteiger partial charge in [-0.25, -0.2) is 4.79 Å². The van der Waals surface area contributed by atoms with Crippen molar-refractivity contribution in [2.24, 2.45) is 5.92 Å². The molecule has 0 unspecified atom stereocenters. The predicted molar refractivity (Wildman–Crippen MR) is 98.1 cm³/mol. The van der Waals surface area contributed by atoms with Gasteiger partial charge in [0.15, 0.2) is 0 Å². The molecule has 2 N–H and O–H groups in total. The van der Waals surface area contributed by atoms with Crippen LogP contribution in [0.1, 0.15) is 19.3 Å². The molecule has 8 nitrogen and oxygen atoms in total. The zero-order valence-corrected chi connectivity index (χ0v) is 15.3. The number of benzene rings is 1. The molecule has 1 aromatic carbocycles. The molecule has 3 rings (SSSR count). The van der Waals surface area contributed by atoms with Crippen LogP contribution >= 0.6 is 0 Å². The lowest BCUT2D eigenvalue weighted by atomic mass is 9.97. The Hall–Kier alpha value is -2.61. The maximum atomic E-state index is 13.2. The highest BCUT2D eigenvalue weighted by Gasteiger charge is 2.41. The Kier molecular flexibility index (Phi) is 6.28. The summed E-state index contributed by atoms with van der Waals surface area (Å²) in [6.45, 7) is 1.43. The number of carbonyl (C=O) groups is 3. The van der Waals surface area contributed by atoms with Gasteiger partial charge >= 0.3 is 6.09 Å². The molecule has 2 aliphatic rings. The maximum absolute atomic E-state index is 13.2. The molecule has 0 aromatic heterocycles. The lowest BCUT2D eigenvalue weighted by Crippen LogP contribution is -2.55. The van der Waals surface area contributed by atoms with Gasteiger partial charge in [-0.1, -0.05) is 18.2 Å². The summed E-state index contributed by atoms with van der Waals surface area (Å²) in [5, 5.41) is 5.49. The third kappa shape index (κ3) is 4.57. The zero-order valence-electron chi connectivity index (χ0n) is 15.3. The Morgan fingerprint density at radius 2 is 2.00 bits per heavy atom. The monoisotopic (exact) mass is 375 g/mol. The van der Waals surface area contributed by atoms with Crippen LogP contribution in [-0.4, -0.2) is 61.8 Å². The van der Waals surface area contributed by atoms with Gasteiger partial charge in [-0.3, -0.25) is 9.59 Å². The van der Waals surface area contributed by atoms with E-state index in [1.54, 1.807) is 17.0 Å². The van der Waals surface area contributed by atoms with Crippen LogP contribution in [0.5, 0.6) is 0 Å². The molecule has 0 radical (unpaired) electrons. The van der Waals surface area contributed by atoms with Gasteiger partial charge in [0.25, 0.3) is 0 Å². The average molecular weight is 375 g/mol. The molecule has 0 bridgehead atoms. The second-order valence-electron chi connectivity index (χ2n) is 6.78. The van der Waals surface area contributed by atoms with Gasteiger partial charge in [0.1, 0.15) is 12.1 Å². The summed E-state index contributed by atoms with van der Waals surface area (Å²) >= 11 is 0. The minimum absolute atomic E-state index is 0.130. The summed E-state index contributed by atoms with van der Waals surface area (Å²) in [6, 6.07) is 7.83. The topological polar surface area (TPSA) is 97.0 Å². The van der Waals surface area contributed by atoms with Crippen molar-refractivity contribution >= 4 is 23.6 Å². The number of para-hydroxylation sites is 1. The van der Waals surface area contributed by atoms with Crippen molar-refractivity contribution < 1.29 is 23.9 Å². The van der Waals surface area contributed by atoms with Gasteiger partial charge in [0, 0.05) is 24.8 Å². The minimum Gasteiger partial charge on any atom is -0.453 e. The van der Waals surface area contributed by atoms with Crippen molar-refractivity contribution in [2.75, 3.05) is 32.2 Å². The molecule has 2 aliphatic heterocycles. The molecule has 2 fully saturated rings. The third-order valence-electron chi connectivity index (χ3n) is 5.04. The van der Waals surface area contributed by atoms with Crippen LogP contribution in [0.15, 0.2) is 30.3 Å². The minimum atomic E-state index is -0.759. The highest BCUT2D eigenvalue weighted by Crippen LogP contribution is 2.24. The molecular weight excluding hydrogens is 350 g/mol. The fourth-order valence-corrected chi connectivity index (χ4v) is 3.61. The van der Waals surface area contributed by atoms with E-state index in [1.807, 2.05) is 18.2 Å². The summed E-state index contributed by atoms with van der Waals surface area (Å²) in [4.78, 5) is 39.2. The van der Waals surface area contributed by atoms with Gasteiger partial charge in [-0.05, 0) is 31.4 Å². The smallest absolute Gasteiger partial charge is 0.407 e. The SMILES string of the molecule is COC(=O)N[C@H](C(=O)N1CCC[C@H]1C(=O)Nc1ccccc1)[C@H]1CCOC1. The van der Waals surface area contributed by atoms with E-state index in [-0.39, 0.29) is 17.7 Å². The molecule has 27 heavy (non-hydrogen) atoms. The fourth-order valence-electron chi connectivity index (χ4n) is 3.61. The standard InChI is InChI=1S/C19H25N3O5/c1-26-19(25)21-16(13-9-11-27-12-13)18(24)22-10-5-8-15(22)17(23)20-14-6-3-2-4-7-14/h2-4,6-7,13,15-16H,5,8-12H2,1H3,(H,20,23)(H,21,25)/t13-,15-,16-/m0/s1. The number of methoxy groups -OCH3 is 1. The van der Waals surface area contributed by atoms with E-state index in [1.165, 1.54) is 7.11 Å². The average Bonchev–Trinajstić information content (AvgIpc) is 3.38. The van der Waals surface area contributed by atoms with E-state index in [0.717, 1.165) is 6.42 Å². The molecule has 2 heterocycles. The largest absolute Gasteiger partial charge is 0.453 e. The summed E-state index contributed by atoms with van der Waals surface area (Å²) in [7, 11) is 1.26. The molecule has 3 atom stereocenters. The van der Waals surface area contributed by atoms with Crippen molar-refractivity contribution in [1.29, 1.82) is 0 Å². The van der Waals surface area contributed by atoms with E-state index >= 15 is 0 Å². The van der Waals surface area contributed by atoms with Crippen molar-refractivity contribution in [2.45, 2.75) is 31.3 Å². The van der Waals surface area contributed by atoms with Crippen LogP contribution in [0, 0.1) is 5.92 Å². The number of carbonyl (C=O) groups excluding carboxylic acids is 3. The van der Waals surface area contributed by atoms with Crippen LogP contribution in [0.2, 0.25) is 0 Å². The molecule has 3 amide bonds. The summed E-state index contributed by atoms with van der Waals surface area (Å²) in [5.41, 5.74) is 0.690. The first kappa shape index (κ1) is 19.2. The van der Waals surface area contributed by atoms with Crippen LogP contribution in [0.4, 0.5) is 10.5 Å². The maximum Gasteiger partial charge on any atom is 0.407 e. The van der Waals surface area contributed by atoms with Gasteiger partial charge in [-0.15, -0.1) is 0 Å². The first-order valence-electron chi connectivity index (χ1n) is 9.18. The van der Waals surface area contributed by atoms with E-state index in [0.29, 0.717) is 38.3 Å². The Morgan fingerprint density at radius 3 is 2.67 bits per heavy atom.